The largest absolute Gasteiger partial charge is 0.369 e. The molecule has 0 unspecified atom stereocenters. The molecule has 1 N–H and O–H groups in total. The van der Waals surface area contributed by atoms with Gasteiger partial charge in [0.25, 0.3) is 0 Å². The van der Waals surface area contributed by atoms with E-state index in [9.17, 15) is 0 Å². The van der Waals surface area contributed by atoms with Crippen LogP contribution >= 0.6 is 15.9 Å². The van der Waals surface area contributed by atoms with Crippen LogP contribution < -0.4 is 5.32 Å². The highest BCUT2D eigenvalue weighted by Crippen LogP contribution is 2.34. The number of rotatable bonds is 3. The maximum atomic E-state index is 4.74. The molecular formula is C16H21BrN4. The van der Waals surface area contributed by atoms with Crippen molar-refractivity contribution >= 4 is 21.7 Å². The maximum Gasteiger partial charge on any atom is 0.180 e. The molecule has 0 spiro atoms. The van der Waals surface area contributed by atoms with E-state index in [1.54, 1.807) is 6.20 Å². The van der Waals surface area contributed by atoms with Crippen molar-refractivity contribution in [2.24, 2.45) is 0 Å². The van der Waals surface area contributed by atoms with Gasteiger partial charge in [-0.1, -0.05) is 20.8 Å². The van der Waals surface area contributed by atoms with Gasteiger partial charge in [-0.25, -0.2) is 9.97 Å². The predicted molar refractivity (Wildman–Crippen MR) is 90.6 cm³/mol. The fourth-order valence-corrected chi connectivity index (χ4v) is 2.91. The molecule has 4 nitrogen and oxygen atoms in total. The van der Waals surface area contributed by atoms with Crippen molar-refractivity contribution in [3.63, 3.8) is 0 Å². The van der Waals surface area contributed by atoms with Crippen molar-refractivity contribution in [1.29, 1.82) is 0 Å². The molecule has 5 heteroatoms. The number of aromatic nitrogens is 3. The van der Waals surface area contributed by atoms with Crippen LogP contribution in [0, 0.1) is 6.92 Å². The quantitative estimate of drug-likeness (QED) is 0.896. The summed E-state index contributed by atoms with van der Waals surface area (Å²) in [7, 11) is 0. The highest BCUT2D eigenvalue weighted by molar-refractivity contribution is 9.10. The first kappa shape index (κ1) is 15.9. The van der Waals surface area contributed by atoms with Crippen molar-refractivity contribution in [1.82, 2.24) is 15.0 Å². The van der Waals surface area contributed by atoms with Gasteiger partial charge in [0, 0.05) is 18.2 Å². The highest BCUT2D eigenvalue weighted by Gasteiger charge is 2.23. The van der Waals surface area contributed by atoms with Gasteiger partial charge in [-0.2, -0.15) is 0 Å². The average Bonchev–Trinajstić information content (AvgIpc) is 2.40. The van der Waals surface area contributed by atoms with E-state index < -0.39 is 0 Å². The molecule has 0 aliphatic rings. The molecule has 0 saturated carbocycles. The molecule has 2 heterocycles. The smallest absolute Gasteiger partial charge is 0.180 e. The molecule has 0 amide bonds. The van der Waals surface area contributed by atoms with E-state index in [-0.39, 0.29) is 5.41 Å². The number of nitrogens with zero attached hydrogens (tertiary/aromatic N) is 3. The Balaban J connectivity index is 2.64. The summed E-state index contributed by atoms with van der Waals surface area (Å²) < 4.78 is 0.924. The summed E-state index contributed by atoms with van der Waals surface area (Å²) in [6.45, 7) is 11.3. The first-order chi connectivity index (χ1) is 9.82. The topological polar surface area (TPSA) is 50.7 Å². The lowest BCUT2D eigenvalue weighted by atomic mass is 9.92. The minimum Gasteiger partial charge on any atom is -0.369 e. The van der Waals surface area contributed by atoms with Gasteiger partial charge in [0.2, 0.25) is 0 Å². The van der Waals surface area contributed by atoms with Crippen LogP contribution in [0.25, 0.3) is 11.5 Å². The first-order valence-electron chi connectivity index (χ1n) is 7.08. The SMILES string of the molecule is CCNc1nc(-c2cc(C)ccn2)nc(C(C)(C)C)c1Br. The lowest BCUT2D eigenvalue weighted by Crippen LogP contribution is -2.17. The van der Waals surface area contributed by atoms with Gasteiger partial charge in [0.15, 0.2) is 5.82 Å². The van der Waals surface area contributed by atoms with Crippen molar-refractivity contribution in [2.75, 3.05) is 11.9 Å². The zero-order chi connectivity index (χ0) is 15.6. The zero-order valence-corrected chi connectivity index (χ0v) is 14.7. The second-order valence-electron chi connectivity index (χ2n) is 6.06. The average molecular weight is 349 g/mol. The first-order valence-corrected chi connectivity index (χ1v) is 7.87. The Bertz CT molecular complexity index is 647. The second-order valence-corrected chi connectivity index (χ2v) is 6.85. The lowest BCUT2D eigenvalue weighted by Gasteiger charge is -2.22. The Kier molecular flexibility index (Phi) is 4.61. The van der Waals surface area contributed by atoms with Gasteiger partial charge < -0.3 is 5.32 Å². The number of halogens is 1. The summed E-state index contributed by atoms with van der Waals surface area (Å²) in [4.78, 5) is 13.7. The lowest BCUT2D eigenvalue weighted by molar-refractivity contribution is 0.564. The molecule has 112 valence electrons. The minimum absolute atomic E-state index is 0.0788. The molecule has 0 fully saturated rings. The van der Waals surface area contributed by atoms with Crippen LogP contribution in [0.5, 0.6) is 0 Å². The number of hydrogen-bond acceptors (Lipinski definition) is 4. The van der Waals surface area contributed by atoms with Crippen molar-refractivity contribution in [2.45, 2.75) is 40.0 Å². The molecule has 0 atom stereocenters. The van der Waals surface area contributed by atoms with Crippen molar-refractivity contribution < 1.29 is 0 Å². The van der Waals surface area contributed by atoms with Crippen LogP contribution in [-0.4, -0.2) is 21.5 Å². The van der Waals surface area contributed by atoms with E-state index in [2.05, 4.69) is 58.9 Å². The summed E-state index contributed by atoms with van der Waals surface area (Å²) in [5.74, 6) is 1.47. The number of nitrogens with one attached hydrogen (secondary N) is 1. The van der Waals surface area contributed by atoms with Gasteiger partial charge in [0.1, 0.15) is 11.5 Å². The Morgan fingerprint density at radius 1 is 1.24 bits per heavy atom. The van der Waals surface area contributed by atoms with E-state index >= 15 is 0 Å². The summed E-state index contributed by atoms with van der Waals surface area (Å²) in [5, 5.41) is 3.29. The minimum atomic E-state index is -0.0788. The Hall–Kier alpha value is -1.49. The monoisotopic (exact) mass is 348 g/mol. The summed E-state index contributed by atoms with van der Waals surface area (Å²) in [5.41, 5.74) is 2.84. The van der Waals surface area contributed by atoms with E-state index in [4.69, 9.17) is 4.98 Å². The third kappa shape index (κ3) is 3.59. The molecule has 21 heavy (non-hydrogen) atoms. The number of aryl methyl sites for hydroxylation is 1. The van der Waals surface area contributed by atoms with Gasteiger partial charge >= 0.3 is 0 Å². The normalized spacial score (nSPS) is 11.5. The highest BCUT2D eigenvalue weighted by atomic mass is 79.9. The standard InChI is InChI=1S/C16H21BrN4/c1-6-18-15-12(17)13(16(3,4)5)20-14(21-15)11-9-10(2)7-8-19-11/h7-9H,6H2,1-5H3,(H,18,20,21). The van der Waals surface area contributed by atoms with E-state index in [0.717, 1.165) is 33.8 Å². The Labute approximate surface area is 134 Å². The second kappa shape index (κ2) is 6.10. The van der Waals surface area contributed by atoms with Crippen LogP contribution in [0.4, 0.5) is 5.82 Å². The summed E-state index contributed by atoms with van der Waals surface area (Å²) in [6, 6.07) is 3.98. The van der Waals surface area contributed by atoms with Crippen LogP contribution in [0.15, 0.2) is 22.8 Å². The molecule has 0 radical (unpaired) electrons. The van der Waals surface area contributed by atoms with E-state index in [0.29, 0.717) is 5.82 Å². The third-order valence-electron chi connectivity index (χ3n) is 3.05. The molecule has 0 aliphatic heterocycles. The van der Waals surface area contributed by atoms with Crippen LogP contribution in [0.1, 0.15) is 39.0 Å². The van der Waals surface area contributed by atoms with Crippen LogP contribution in [0.2, 0.25) is 0 Å². The van der Waals surface area contributed by atoms with Gasteiger partial charge in [0.05, 0.1) is 10.2 Å². The van der Waals surface area contributed by atoms with Gasteiger partial charge in [-0.15, -0.1) is 0 Å². The fraction of sp³-hybridized carbons (Fsp3) is 0.438. The van der Waals surface area contributed by atoms with Crippen LogP contribution in [0.3, 0.4) is 0 Å². The van der Waals surface area contributed by atoms with E-state index in [1.165, 1.54) is 0 Å². The number of anilines is 1. The third-order valence-corrected chi connectivity index (χ3v) is 3.80. The summed E-state index contributed by atoms with van der Waals surface area (Å²) >= 11 is 3.63. The predicted octanol–water partition coefficient (Wildman–Crippen LogP) is 4.34. The fourth-order valence-electron chi connectivity index (χ4n) is 2.00. The van der Waals surface area contributed by atoms with Crippen molar-refractivity contribution in [3.05, 3.63) is 34.1 Å². The Morgan fingerprint density at radius 3 is 2.52 bits per heavy atom. The molecule has 0 bridgehead atoms. The zero-order valence-electron chi connectivity index (χ0n) is 13.2. The van der Waals surface area contributed by atoms with Gasteiger partial charge in [-0.3, -0.25) is 4.98 Å². The molecular weight excluding hydrogens is 328 g/mol. The van der Waals surface area contributed by atoms with Crippen LogP contribution in [-0.2, 0) is 5.41 Å². The molecule has 0 aromatic carbocycles. The van der Waals surface area contributed by atoms with E-state index in [1.807, 2.05) is 19.1 Å². The van der Waals surface area contributed by atoms with Gasteiger partial charge in [-0.05, 0) is 47.5 Å². The summed E-state index contributed by atoms with van der Waals surface area (Å²) in [6.07, 6.45) is 1.79. The molecule has 2 aromatic heterocycles. The molecule has 2 aromatic rings. The Morgan fingerprint density at radius 2 is 1.95 bits per heavy atom. The molecule has 0 aliphatic carbocycles. The number of pyridine rings is 1. The molecule has 0 saturated heterocycles. The number of hydrogen-bond donors (Lipinski definition) is 1. The molecule has 2 rings (SSSR count). The maximum absolute atomic E-state index is 4.74. The van der Waals surface area contributed by atoms with Crippen molar-refractivity contribution in [3.8, 4) is 11.5 Å².